The van der Waals surface area contributed by atoms with Gasteiger partial charge in [-0.15, -0.1) is 0 Å². The summed E-state index contributed by atoms with van der Waals surface area (Å²) in [5.41, 5.74) is 0.174. The first-order valence-electron chi connectivity index (χ1n) is 7.14. The van der Waals surface area contributed by atoms with Crippen LogP contribution in [0.1, 0.15) is 52.4 Å². The SMILES string of the molecule is COC1CC(NC(=S)NC2CCCCC2)C1(C)C. The highest BCUT2D eigenvalue weighted by molar-refractivity contribution is 7.80. The van der Waals surface area contributed by atoms with Crippen molar-refractivity contribution in [1.82, 2.24) is 10.6 Å². The molecular formula is C14H26N2OS. The third kappa shape index (κ3) is 2.97. The second kappa shape index (κ2) is 5.74. The molecule has 0 heterocycles. The molecule has 2 N–H and O–H groups in total. The molecule has 0 saturated heterocycles. The Hall–Kier alpha value is -0.350. The second-order valence-corrected chi connectivity index (χ2v) is 6.69. The standard InChI is InChI=1S/C14H26N2OS/c1-14(2)11(9-12(14)17-3)16-13(18)15-10-7-5-4-6-8-10/h10-12H,4-9H2,1-3H3,(H2,15,16,18). The molecule has 3 nitrogen and oxygen atoms in total. The largest absolute Gasteiger partial charge is 0.381 e. The summed E-state index contributed by atoms with van der Waals surface area (Å²) in [6.45, 7) is 4.48. The van der Waals surface area contributed by atoms with Crippen molar-refractivity contribution in [3.63, 3.8) is 0 Å². The predicted molar refractivity (Wildman–Crippen MR) is 78.7 cm³/mol. The van der Waals surface area contributed by atoms with Crippen LogP contribution in [0.5, 0.6) is 0 Å². The minimum absolute atomic E-state index is 0.174. The normalized spacial score (nSPS) is 31.5. The Labute approximate surface area is 116 Å². The van der Waals surface area contributed by atoms with E-state index in [0.717, 1.165) is 11.5 Å². The van der Waals surface area contributed by atoms with Crippen LogP contribution in [-0.2, 0) is 4.74 Å². The predicted octanol–water partition coefficient (Wildman–Crippen LogP) is 2.60. The summed E-state index contributed by atoms with van der Waals surface area (Å²) in [5.74, 6) is 0. The molecule has 4 heteroatoms. The molecule has 2 fully saturated rings. The molecule has 2 rings (SSSR count). The zero-order chi connectivity index (χ0) is 13.2. The molecule has 2 saturated carbocycles. The van der Waals surface area contributed by atoms with Crippen molar-refractivity contribution in [3.05, 3.63) is 0 Å². The van der Waals surface area contributed by atoms with E-state index in [0.29, 0.717) is 18.2 Å². The van der Waals surface area contributed by atoms with E-state index in [9.17, 15) is 0 Å². The third-order valence-electron chi connectivity index (χ3n) is 4.71. The van der Waals surface area contributed by atoms with E-state index in [1.807, 2.05) is 0 Å². The Kier molecular flexibility index (Phi) is 4.49. The second-order valence-electron chi connectivity index (χ2n) is 6.29. The number of ether oxygens (including phenoxy) is 1. The quantitative estimate of drug-likeness (QED) is 0.772. The number of nitrogens with one attached hydrogen (secondary N) is 2. The Bertz CT molecular complexity index is 300. The summed E-state index contributed by atoms with van der Waals surface area (Å²) >= 11 is 5.43. The van der Waals surface area contributed by atoms with Gasteiger partial charge in [0.25, 0.3) is 0 Å². The Balaban J connectivity index is 1.75. The first kappa shape index (κ1) is 14.1. The van der Waals surface area contributed by atoms with Crippen molar-refractivity contribution in [3.8, 4) is 0 Å². The van der Waals surface area contributed by atoms with Crippen molar-refractivity contribution < 1.29 is 4.74 Å². The van der Waals surface area contributed by atoms with Crippen molar-refractivity contribution >= 4 is 17.3 Å². The van der Waals surface area contributed by atoms with Crippen molar-refractivity contribution in [2.45, 2.75) is 70.6 Å². The molecule has 2 aliphatic carbocycles. The molecule has 0 aromatic rings. The molecule has 0 aliphatic heterocycles. The van der Waals surface area contributed by atoms with Gasteiger partial charge in [0.1, 0.15) is 0 Å². The van der Waals surface area contributed by atoms with Crippen LogP contribution in [0.15, 0.2) is 0 Å². The number of rotatable bonds is 3. The fourth-order valence-corrected chi connectivity index (χ4v) is 3.47. The molecule has 2 unspecified atom stereocenters. The fourth-order valence-electron chi connectivity index (χ4n) is 3.16. The summed E-state index contributed by atoms with van der Waals surface area (Å²) in [7, 11) is 1.79. The molecular weight excluding hydrogens is 244 g/mol. The third-order valence-corrected chi connectivity index (χ3v) is 4.94. The van der Waals surface area contributed by atoms with Crippen molar-refractivity contribution in [2.75, 3.05) is 7.11 Å². The van der Waals surface area contributed by atoms with Crippen LogP contribution in [-0.4, -0.2) is 30.4 Å². The van der Waals surface area contributed by atoms with Gasteiger partial charge in [-0.1, -0.05) is 33.1 Å². The van der Waals surface area contributed by atoms with E-state index in [-0.39, 0.29) is 5.41 Å². The molecule has 18 heavy (non-hydrogen) atoms. The minimum Gasteiger partial charge on any atom is -0.381 e. The van der Waals surface area contributed by atoms with Crippen LogP contribution in [0, 0.1) is 5.41 Å². The van der Waals surface area contributed by atoms with E-state index in [2.05, 4.69) is 24.5 Å². The molecule has 104 valence electrons. The van der Waals surface area contributed by atoms with Crippen molar-refractivity contribution in [1.29, 1.82) is 0 Å². The van der Waals surface area contributed by atoms with Crippen LogP contribution in [0.2, 0.25) is 0 Å². The van der Waals surface area contributed by atoms with Gasteiger partial charge in [0.05, 0.1) is 6.10 Å². The van der Waals surface area contributed by atoms with Gasteiger partial charge in [-0.05, 0) is 31.5 Å². The molecule has 0 bridgehead atoms. The van der Waals surface area contributed by atoms with E-state index in [1.54, 1.807) is 7.11 Å². The lowest BCUT2D eigenvalue weighted by Gasteiger charge is -2.51. The van der Waals surface area contributed by atoms with Crippen LogP contribution < -0.4 is 10.6 Å². The summed E-state index contributed by atoms with van der Waals surface area (Å²) in [6.07, 6.45) is 7.97. The molecule has 2 atom stereocenters. The Morgan fingerprint density at radius 3 is 2.39 bits per heavy atom. The zero-order valence-corrected chi connectivity index (χ0v) is 12.6. The highest BCUT2D eigenvalue weighted by atomic mass is 32.1. The van der Waals surface area contributed by atoms with E-state index < -0.39 is 0 Å². The van der Waals surface area contributed by atoms with Crippen LogP contribution in [0.4, 0.5) is 0 Å². The van der Waals surface area contributed by atoms with Gasteiger partial charge in [-0.3, -0.25) is 0 Å². The molecule has 0 amide bonds. The zero-order valence-electron chi connectivity index (χ0n) is 11.8. The lowest BCUT2D eigenvalue weighted by molar-refractivity contribution is -0.0921. The van der Waals surface area contributed by atoms with E-state index in [4.69, 9.17) is 17.0 Å². The highest BCUT2D eigenvalue weighted by Gasteiger charge is 2.48. The Morgan fingerprint density at radius 2 is 1.83 bits per heavy atom. The van der Waals surface area contributed by atoms with Crippen LogP contribution >= 0.6 is 12.2 Å². The first-order chi connectivity index (χ1) is 8.54. The van der Waals surface area contributed by atoms with Gasteiger partial charge in [0.15, 0.2) is 5.11 Å². The highest BCUT2D eigenvalue weighted by Crippen LogP contribution is 2.42. The molecule has 0 radical (unpaired) electrons. The molecule has 0 aromatic heterocycles. The minimum atomic E-state index is 0.174. The van der Waals surface area contributed by atoms with Gasteiger partial charge >= 0.3 is 0 Å². The first-order valence-corrected chi connectivity index (χ1v) is 7.54. The van der Waals surface area contributed by atoms with Gasteiger partial charge < -0.3 is 15.4 Å². The number of methoxy groups -OCH3 is 1. The summed E-state index contributed by atoms with van der Waals surface area (Å²) in [4.78, 5) is 0. The van der Waals surface area contributed by atoms with Crippen LogP contribution in [0.3, 0.4) is 0 Å². The van der Waals surface area contributed by atoms with Gasteiger partial charge in [0.2, 0.25) is 0 Å². The lowest BCUT2D eigenvalue weighted by Crippen LogP contribution is -2.63. The summed E-state index contributed by atoms with van der Waals surface area (Å²) < 4.78 is 5.46. The fraction of sp³-hybridized carbons (Fsp3) is 0.929. The van der Waals surface area contributed by atoms with Gasteiger partial charge in [0, 0.05) is 24.6 Å². The van der Waals surface area contributed by atoms with Crippen LogP contribution in [0.25, 0.3) is 0 Å². The van der Waals surface area contributed by atoms with Crippen molar-refractivity contribution in [2.24, 2.45) is 5.41 Å². The van der Waals surface area contributed by atoms with Gasteiger partial charge in [-0.25, -0.2) is 0 Å². The maximum atomic E-state index is 5.46. The van der Waals surface area contributed by atoms with E-state index >= 15 is 0 Å². The van der Waals surface area contributed by atoms with E-state index in [1.165, 1.54) is 32.1 Å². The number of hydrogen-bond donors (Lipinski definition) is 2. The molecule has 0 aromatic carbocycles. The number of thiocarbonyl (C=S) groups is 1. The monoisotopic (exact) mass is 270 g/mol. The van der Waals surface area contributed by atoms with Gasteiger partial charge in [-0.2, -0.15) is 0 Å². The summed E-state index contributed by atoms with van der Waals surface area (Å²) in [6, 6.07) is 1.02. The maximum absolute atomic E-state index is 5.46. The molecule has 2 aliphatic rings. The maximum Gasteiger partial charge on any atom is 0.166 e. The average Bonchev–Trinajstić information content (AvgIpc) is 2.35. The topological polar surface area (TPSA) is 33.3 Å². The lowest BCUT2D eigenvalue weighted by atomic mass is 9.64. The Morgan fingerprint density at radius 1 is 1.17 bits per heavy atom. The smallest absolute Gasteiger partial charge is 0.166 e. The number of hydrogen-bond acceptors (Lipinski definition) is 2. The summed E-state index contributed by atoms with van der Waals surface area (Å²) in [5, 5.41) is 7.75. The molecule has 0 spiro atoms. The average molecular weight is 270 g/mol.